The van der Waals surface area contributed by atoms with E-state index in [1.165, 1.54) is 30.5 Å². The summed E-state index contributed by atoms with van der Waals surface area (Å²) in [7, 11) is 0. The van der Waals surface area contributed by atoms with Gasteiger partial charge in [-0.1, -0.05) is 42.5 Å². The highest BCUT2D eigenvalue weighted by Gasteiger charge is 2.70. The molecule has 1 fully saturated rings. The Bertz CT molecular complexity index is 1830. The molecule has 9 nitrogen and oxygen atoms in total. The van der Waals surface area contributed by atoms with Crippen LogP contribution in [0.2, 0.25) is 0 Å². The Morgan fingerprint density at radius 3 is 2.40 bits per heavy atom. The summed E-state index contributed by atoms with van der Waals surface area (Å²) in [6.07, 6.45) is 5.00. The standard InChI is InChI=1S/C33H24N4O5/c1-19-17-27-33(24-9-3-4-10-25(24)35-32(33)40)28(30(38)21-7-6-16-34-18-21)29(36(27)26-11-5-2-8-23(19)26)31(39)20-12-14-22(15-13-20)37(41)42/h2-18,27-29H,1H3,(H,35,40)/t27-,28+,29+,33-/m0/s1. The topological polar surface area (TPSA) is 123 Å². The summed E-state index contributed by atoms with van der Waals surface area (Å²) in [6.45, 7) is 1.96. The molecule has 0 aliphatic carbocycles. The number of carbonyl (C=O) groups is 3. The molecule has 1 amide bonds. The minimum atomic E-state index is -1.45. The first-order chi connectivity index (χ1) is 20.3. The lowest BCUT2D eigenvalue weighted by atomic mass is 9.64. The van der Waals surface area contributed by atoms with Crippen LogP contribution >= 0.6 is 0 Å². The van der Waals surface area contributed by atoms with Crippen LogP contribution in [-0.2, 0) is 10.2 Å². The summed E-state index contributed by atoms with van der Waals surface area (Å²) in [5, 5.41) is 14.3. The van der Waals surface area contributed by atoms with E-state index in [1.54, 1.807) is 24.4 Å². The second-order valence-electron chi connectivity index (χ2n) is 10.8. The predicted molar refractivity (Wildman–Crippen MR) is 156 cm³/mol. The van der Waals surface area contributed by atoms with E-state index in [9.17, 15) is 24.5 Å². The maximum Gasteiger partial charge on any atom is 0.269 e. The third-order valence-electron chi connectivity index (χ3n) is 8.74. The predicted octanol–water partition coefficient (Wildman–Crippen LogP) is 5.24. The molecule has 4 aromatic rings. The summed E-state index contributed by atoms with van der Waals surface area (Å²) in [4.78, 5) is 60.6. The molecule has 1 N–H and O–H groups in total. The molecule has 4 atom stereocenters. The average molecular weight is 557 g/mol. The van der Waals surface area contributed by atoms with Gasteiger partial charge in [0.2, 0.25) is 5.91 Å². The highest BCUT2D eigenvalue weighted by Crippen LogP contribution is 2.58. The number of carbonyl (C=O) groups excluding carboxylic acids is 3. The monoisotopic (exact) mass is 556 g/mol. The quantitative estimate of drug-likeness (QED) is 0.203. The highest BCUT2D eigenvalue weighted by molar-refractivity contribution is 6.18. The van der Waals surface area contributed by atoms with E-state index in [4.69, 9.17) is 0 Å². The molecule has 3 aliphatic heterocycles. The maximum atomic E-state index is 14.7. The molecular weight excluding hydrogens is 532 g/mol. The molecule has 0 unspecified atom stereocenters. The molecule has 4 heterocycles. The van der Waals surface area contributed by atoms with Crippen LogP contribution in [0.1, 0.15) is 38.8 Å². The number of hydrogen-bond acceptors (Lipinski definition) is 7. The van der Waals surface area contributed by atoms with Crippen LogP contribution in [0, 0.1) is 16.0 Å². The molecule has 42 heavy (non-hydrogen) atoms. The number of amides is 1. The molecule has 0 radical (unpaired) electrons. The number of aromatic nitrogens is 1. The van der Waals surface area contributed by atoms with Crippen molar-refractivity contribution in [3.05, 3.63) is 136 Å². The second kappa shape index (κ2) is 9.31. The Labute approximate surface area is 240 Å². The number of nitrogens with zero attached hydrogens (tertiary/aromatic N) is 3. The number of rotatable bonds is 5. The van der Waals surface area contributed by atoms with Crippen molar-refractivity contribution in [1.82, 2.24) is 4.98 Å². The van der Waals surface area contributed by atoms with Crippen molar-refractivity contribution < 1.29 is 19.3 Å². The van der Waals surface area contributed by atoms with Crippen LogP contribution in [0.15, 0.2) is 103 Å². The van der Waals surface area contributed by atoms with Gasteiger partial charge in [0.15, 0.2) is 11.6 Å². The van der Waals surface area contributed by atoms with Gasteiger partial charge in [0.05, 0.1) is 16.9 Å². The number of ketones is 2. The number of Topliss-reactive ketones (excluding diaryl/α,β-unsaturated/α-hetero) is 2. The number of benzene rings is 3. The fourth-order valence-electron chi connectivity index (χ4n) is 6.99. The first-order valence-corrected chi connectivity index (χ1v) is 13.5. The van der Waals surface area contributed by atoms with Gasteiger partial charge in [0, 0.05) is 52.6 Å². The summed E-state index contributed by atoms with van der Waals surface area (Å²) in [5.41, 5.74) is 2.71. The maximum absolute atomic E-state index is 14.7. The van der Waals surface area contributed by atoms with E-state index < -0.39 is 34.1 Å². The van der Waals surface area contributed by atoms with Gasteiger partial charge in [0.25, 0.3) is 5.69 Å². The van der Waals surface area contributed by atoms with Gasteiger partial charge in [-0.05, 0) is 54.5 Å². The number of anilines is 2. The third kappa shape index (κ3) is 3.43. The number of non-ortho nitro benzene ring substituents is 1. The Morgan fingerprint density at radius 1 is 0.929 bits per heavy atom. The Morgan fingerprint density at radius 2 is 1.67 bits per heavy atom. The Hall–Kier alpha value is -5.44. The van der Waals surface area contributed by atoms with E-state index in [2.05, 4.69) is 10.3 Å². The number of nitro benzene ring substituents is 1. The fourth-order valence-corrected chi connectivity index (χ4v) is 6.99. The molecular formula is C33H24N4O5. The molecule has 9 heteroatoms. The zero-order valence-corrected chi connectivity index (χ0v) is 22.4. The van der Waals surface area contributed by atoms with Crippen molar-refractivity contribution >= 4 is 40.1 Å². The minimum absolute atomic E-state index is 0.152. The lowest BCUT2D eigenvalue weighted by molar-refractivity contribution is -0.384. The Balaban J connectivity index is 1.53. The summed E-state index contributed by atoms with van der Waals surface area (Å²) < 4.78 is 0. The van der Waals surface area contributed by atoms with Gasteiger partial charge < -0.3 is 10.2 Å². The van der Waals surface area contributed by atoms with Gasteiger partial charge in [-0.25, -0.2) is 0 Å². The Kier molecular flexibility index (Phi) is 5.65. The molecule has 0 bridgehead atoms. The van der Waals surface area contributed by atoms with Crippen LogP contribution in [0.5, 0.6) is 0 Å². The van der Waals surface area contributed by atoms with Crippen molar-refractivity contribution in [3.63, 3.8) is 0 Å². The number of hydrogen-bond donors (Lipinski definition) is 1. The smallest absolute Gasteiger partial charge is 0.269 e. The van der Waals surface area contributed by atoms with E-state index in [0.717, 1.165) is 16.8 Å². The van der Waals surface area contributed by atoms with Crippen molar-refractivity contribution in [2.45, 2.75) is 24.4 Å². The molecule has 206 valence electrons. The minimum Gasteiger partial charge on any atom is -0.352 e. The largest absolute Gasteiger partial charge is 0.352 e. The van der Waals surface area contributed by atoms with Gasteiger partial charge in [-0.2, -0.15) is 0 Å². The van der Waals surface area contributed by atoms with Gasteiger partial charge in [-0.3, -0.25) is 29.5 Å². The van der Waals surface area contributed by atoms with E-state index in [0.29, 0.717) is 11.3 Å². The molecule has 0 saturated carbocycles. The highest BCUT2D eigenvalue weighted by atomic mass is 16.6. The fraction of sp³-hybridized carbons (Fsp3) is 0.152. The van der Waals surface area contributed by atoms with Crippen LogP contribution in [-0.4, -0.2) is 39.5 Å². The van der Waals surface area contributed by atoms with Crippen molar-refractivity contribution in [1.29, 1.82) is 0 Å². The molecule has 3 aliphatic rings. The summed E-state index contributed by atoms with van der Waals surface area (Å²) in [5.74, 6) is -2.29. The molecule has 3 aromatic carbocycles. The van der Waals surface area contributed by atoms with Gasteiger partial charge in [0.1, 0.15) is 11.5 Å². The number of nitrogens with one attached hydrogen (secondary N) is 1. The van der Waals surface area contributed by atoms with Gasteiger partial charge >= 0.3 is 0 Å². The normalized spacial score (nSPS) is 23.5. The first-order valence-electron chi connectivity index (χ1n) is 13.5. The van der Waals surface area contributed by atoms with Crippen LogP contribution < -0.4 is 10.2 Å². The van der Waals surface area contributed by atoms with E-state index in [1.807, 2.05) is 60.4 Å². The third-order valence-corrected chi connectivity index (χ3v) is 8.74. The molecule has 7 rings (SSSR count). The summed E-state index contributed by atoms with van der Waals surface area (Å²) in [6, 6.07) is 21.8. The lowest BCUT2D eigenvalue weighted by Gasteiger charge is -2.39. The first kappa shape index (κ1) is 25.5. The molecule has 1 aromatic heterocycles. The van der Waals surface area contributed by atoms with Crippen LogP contribution in [0.3, 0.4) is 0 Å². The number of pyridine rings is 1. The van der Waals surface area contributed by atoms with Gasteiger partial charge in [-0.15, -0.1) is 0 Å². The zero-order valence-electron chi connectivity index (χ0n) is 22.4. The number of fused-ring (bicyclic) bond motifs is 6. The van der Waals surface area contributed by atoms with Crippen molar-refractivity contribution in [2.75, 3.05) is 10.2 Å². The van der Waals surface area contributed by atoms with Crippen molar-refractivity contribution in [2.24, 2.45) is 5.92 Å². The number of nitro groups is 1. The lowest BCUT2D eigenvalue weighted by Crippen LogP contribution is -2.51. The SMILES string of the molecule is CC1=C[C@@H]2N(c3ccccc31)[C@@H](C(=O)c1ccc([N+](=O)[O-])cc1)[C@H](C(=O)c1cccnc1)[C@@]21C(=O)Nc2ccccc21. The van der Waals surface area contributed by atoms with Crippen LogP contribution in [0.4, 0.5) is 17.1 Å². The molecule has 1 spiro atoms. The summed E-state index contributed by atoms with van der Waals surface area (Å²) >= 11 is 0. The van der Waals surface area contributed by atoms with E-state index in [-0.39, 0.29) is 28.5 Å². The number of para-hydroxylation sites is 2. The average Bonchev–Trinajstić information content (AvgIpc) is 3.49. The molecule has 1 saturated heterocycles. The number of allylic oxidation sites excluding steroid dienone is 1. The second-order valence-corrected chi connectivity index (χ2v) is 10.8. The van der Waals surface area contributed by atoms with Crippen molar-refractivity contribution in [3.8, 4) is 0 Å². The van der Waals surface area contributed by atoms with Crippen LogP contribution in [0.25, 0.3) is 5.57 Å². The van der Waals surface area contributed by atoms with E-state index >= 15 is 0 Å². The zero-order chi connectivity index (χ0) is 29.2.